The maximum absolute atomic E-state index is 13.2. The lowest BCUT2D eigenvalue weighted by Crippen LogP contribution is -2.41. The van der Waals surface area contributed by atoms with Crippen molar-refractivity contribution in [3.63, 3.8) is 0 Å². The van der Waals surface area contributed by atoms with E-state index < -0.39 is 47.5 Å². The van der Waals surface area contributed by atoms with Crippen LogP contribution >= 0.6 is 0 Å². The summed E-state index contributed by atoms with van der Waals surface area (Å²) in [5.74, 6) is 0.0454. The second-order valence-electron chi connectivity index (χ2n) is 27.3. The fourth-order valence-corrected chi connectivity index (χ4v) is 13.7. The molecule has 5 nitrogen and oxygen atoms in total. The number of carbonyl (C=O) groups is 1. The van der Waals surface area contributed by atoms with Gasteiger partial charge in [-0.2, -0.15) is 0 Å². The highest BCUT2D eigenvalue weighted by Gasteiger charge is 2.55. The molecule has 0 N–H and O–H groups in total. The van der Waals surface area contributed by atoms with Gasteiger partial charge in [0.15, 0.2) is 5.78 Å². The number of carbonyl (C=O) groups excluding carboxylic acids is 1. The summed E-state index contributed by atoms with van der Waals surface area (Å²) in [7, 11) is -0.920. The summed E-state index contributed by atoms with van der Waals surface area (Å²) in [6.45, 7) is 29.7. The third kappa shape index (κ3) is 9.69. The number of hydrogen-bond acceptors (Lipinski definition) is 5. The van der Waals surface area contributed by atoms with Gasteiger partial charge < -0.3 is 18.6 Å². The van der Waals surface area contributed by atoms with Crippen LogP contribution in [0.25, 0.3) is 33.4 Å². The molecule has 10 aromatic carbocycles. The third-order valence-corrected chi connectivity index (χ3v) is 20.3. The summed E-state index contributed by atoms with van der Waals surface area (Å²) in [6.07, 6.45) is 0. The largest absolute Gasteiger partial charge is 0.494 e. The summed E-state index contributed by atoms with van der Waals surface area (Å²) in [5, 5.41) is 0. The zero-order valence-electron chi connectivity index (χ0n) is 53.5. The van der Waals surface area contributed by atoms with Crippen molar-refractivity contribution in [1.29, 1.82) is 0 Å². The first-order valence-corrected chi connectivity index (χ1v) is 31.2. The van der Waals surface area contributed by atoms with E-state index in [1.54, 1.807) is 0 Å². The quantitative estimate of drug-likeness (QED) is 0.106. The average molecular weight is 1150 g/mol. The van der Waals surface area contributed by atoms with Crippen LogP contribution in [0.15, 0.2) is 218 Å². The van der Waals surface area contributed by atoms with Gasteiger partial charge in [0.1, 0.15) is 0 Å². The maximum atomic E-state index is 13.2. The van der Waals surface area contributed by atoms with Gasteiger partial charge in [0.05, 0.1) is 33.2 Å². The number of rotatable bonds is 9. The molecule has 2 heterocycles. The first-order chi connectivity index (χ1) is 41.9. The minimum atomic E-state index is -0.578. The van der Waals surface area contributed by atoms with E-state index in [0.717, 1.165) is 27.6 Å². The van der Waals surface area contributed by atoms with Gasteiger partial charge in [0.25, 0.3) is 0 Å². The Labute approximate surface area is 522 Å². The van der Waals surface area contributed by atoms with Gasteiger partial charge in [-0.1, -0.05) is 246 Å². The van der Waals surface area contributed by atoms with Gasteiger partial charge >= 0.3 is 14.2 Å². The van der Waals surface area contributed by atoms with Crippen molar-refractivity contribution in [2.45, 2.75) is 130 Å². The molecule has 0 unspecified atom stereocenters. The van der Waals surface area contributed by atoms with Crippen molar-refractivity contribution >= 4 is 30.9 Å². The fraction of sp³-hybridized carbons (Fsp3) is 0.247. The fourth-order valence-electron chi connectivity index (χ4n) is 13.7. The van der Waals surface area contributed by atoms with Gasteiger partial charge in [-0.05, 0) is 192 Å². The Morgan fingerprint density at radius 3 is 0.898 bits per heavy atom. The van der Waals surface area contributed by atoms with Crippen LogP contribution < -0.4 is 10.9 Å². The lowest BCUT2D eigenvalue weighted by Gasteiger charge is -2.34. The standard InChI is InChI=1S/C42H34O.C39H44B2O4/c1-27-5-12-32(13-6-27)41(43)33-16-14-31(15-17-33)34-18-24-38-37-23-11-30(4)25-39(37)42(40(38)26-34,35-19-7-28(2)8-20-35)36-21-9-29(3)10-22-36;1-25-11-15-27(16-12-25)39(28-17-13-26(2)14-18-28)33-23-29(40-42-35(3,4)36(5,6)43-40)19-21-31(33)32-22-20-30(24-34(32)39)41-44-37(7,8)38(9,10)45-41/h5-26H,1-4H3;11-24H,1-10H3. The van der Waals surface area contributed by atoms with Gasteiger partial charge in [-0.3, -0.25) is 4.79 Å². The molecule has 0 aromatic heterocycles. The highest BCUT2D eigenvalue weighted by atomic mass is 16.7. The van der Waals surface area contributed by atoms with E-state index in [2.05, 4.69) is 272 Å². The summed E-state index contributed by atoms with van der Waals surface area (Å²) >= 11 is 0. The molecule has 0 atom stereocenters. The number of fused-ring (bicyclic) bond motifs is 6. The molecule has 7 heteroatoms. The van der Waals surface area contributed by atoms with E-state index >= 15 is 0 Å². The van der Waals surface area contributed by atoms with Crippen LogP contribution in [0.2, 0.25) is 0 Å². The van der Waals surface area contributed by atoms with E-state index in [1.807, 2.05) is 43.3 Å². The first-order valence-electron chi connectivity index (χ1n) is 31.2. The van der Waals surface area contributed by atoms with Gasteiger partial charge in [-0.25, -0.2) is 0 Å². The topological polar surface area (TPSA) is 54.0 Å². The molecule has 0 spiro atoms. The van der Waals surface area contributed by atoms with Gasteiger partial charge in [0.2, 0.25) is 0 Å². The molecule has 2 saturated heterocycles. The number of aryl methyl sites for hydroxylation is 6. The van der Waals surface area contributed by atoms with Gasteiger partial charge in [-0.15, -0.1) is 0 Å². The predicted octanol–water partition coefficient (Wildman–Crippen LogP) is 17.4. The van der Waals surface area contributed by atoms with Crippen molar-refractivity contribution in [2.75, 3.05) is 0 Å². The second kappa shape index (κ2) is 21.6. The van der Waals surface area contributed by atoms with Crippen LogP contribution in [0.1, 0.15) is 149 Å². The van der Waals surface area contributed by atoms with Crippen molar-refractivity contribution in [3.8, 4) is 33.4 Å². The van der Waals surface area contributed by atoms with Crippen molar-refractivity contribution in [1.82, 2.24) is 0 Å². The molecule has 0 saturated carbocycles. The Balaban J connectivity index is 0.000000162. The van der Waals surface area contributed by atoms with E-state index in [0.29, 0.717) is 11.1 Å². The molecular weight excluding hydrogens is 1070 g/mol. The van der Waals surface area contributed by atoms with Crippen molar-refractivity contribution in [3.05, 3.63) is 307 Å². The monoisotopic (exact) mass is 1150 g/mol. The van der Waals surface area contributed by atoms with Crippen LogP contribution in [0.4, 0.5) is 0 Å². The van der Waals surface area contributed by atoms with Crippen molar-refractivity contribution in [2.24, 2.45) is 0 Å². The molecule has 438 valence electrons. The van der Waals surface area contributed by atoms with Crippen LogP contribution in [0.3, 0.4) is 0 Å². The second-order valence-corrected chi connectivity index (χ2v) is 27.3. The Morgan fingerprint density at radius 2 is 0.545 bits per heavy atom. The lowest BCUT2D eigenvalue weighted by atomic mass is 9.65. The molecule has 14 rings (SSSR count). The number of benzene rings is 10. The SMILES string of the molecule is Cc1ccc(C(=O)c2ccc(-c3ccc4c(c3)C(c3ccc(C)cc3)(c3ccc(C)cc3)c3cc(C)ccc3-4)cc2)cc1.Cc1ccc(C2(c3ccc(C)cc3)c3cc(B4OC(C)(C)C(C)(C)O4)ccc3-c3ccc(B4OC(C)(C)C(C)(C)O4)cc32)cc1. The summed E-state index contributed by atoms with van der Waals surface area (Å²) in [5.41, 5.74) is 25.3. The summed E-state index contributed by atoms with van der Waals surface area (Å²) < 4.78 is 26.3. The average Bonchev–Trinajstić information content (AvgIpc) is 1.55. The van der Waals surface area contributed by atoms with Crippen LogP contribution in [0, 0.1) is 41.5 Å². The first kappa shape index (κ1) is 58.8. The zero-order chi connectivity index (χ0) is 61.9. The molecule has 2 aliphatic carbocycles. The highest BCUT2D eigenvalue weighted by Crippen LogP contribution is 2.58. The Kier molecular flexibility index (Phi) is 14.4. The lowest BCUT2D eigenvalue weighted by molar-refractivity contribution is 0.00578. The van der Waals surface area contributed by atoms with Crippen LogP contribution in [0.5, 0.6) is 0 Å². The Bertz CT molecular complexity index is 4120. The third-order valence-electron chi connectivity index (χ3n) is 20.3. The highest BCUT2D eigenvalue weighted by molar-refractivity contribution is 6.62. The maximum Gasteiger partial charge on any atom is 0.494 e. The zero-order valence-corrected chi connectivity index (χ0v) is 53.5. The van der Waals surface area contributed by atoms with Crippen LogP contribution in [-0.4, -0.2) is 42.4 Å². The van der Waals surface area contributed by atoms with E-state index in [4.69, 9.17) is 18.6 Å². The molecule has 0 amide bonds. The minimum Gasteiger partial charge on any atom is -0.399 e. The normalized spacial score (nSPS) is 17.3. The summed E-state index contributed by atoms with van der Waals surface area (Å²) in [4.78, 5) is 13.2. The number of hydrogen-bond donors (Lipinski definition) is 0. The summed E-state index contributed by atoms with van der Waals surface area (Å²) in [6, 6.07) is 79.3. The molecule has 0 radical (unpaired) electrons. The smallest absolute Gasteiger partial charge is 0.399 e. The number of ketones is 1. The molecule has 0 bridgehead atoms. The van der Waals surface area contributed by atoms with Crippen molar-refractivity contribution < 1.29 is 23.4 Å². The van der Waals surface area contributed by atoms with E-state index in [-0.39, 0.29) is 5.78 Å². The van der Waals surface area contributed by atoms with Gasteiger partial charge in [0, 0.05) is 11.1 Å². The molecule has 4 aliphatic rings. The van der Waals surface area contributed by atoms with Crippen LogP contribution in [-0.2, 0) is 29.4 Å². The predicted molar refractivity (Wildman–Crippen MR) is 363 cm³/mol. The van der Waals surface area contributed by atoms with E-state index in [1.165, 1.54) is 94.6 Å². The molecule has 10 aromatic rings. The molecule has 2 fully saturated rings. The molecule has 88 heavy (non-hydrogen) atoms. The molecule has 2 aliphatic heterocycles. The Hall–Kier alpha value is -8.16. The van der Waals surface area contributed by atoms with E-state index in [9.17, 15) is 4.79 Å². The molecular formula is C81H78B2O5. The minimum absolute atomic E-state index is 0.0454. The Morgan fingerprint density at radius 1 is 0.284 bits per heavy atom.